The summed E-state index contributed by atoms with van der Waals surface area (Å²) in [6, 6.07) is 4.04. The molecule has 0 aliphatic rings. The van der Waals surface area contributed by atoms with Crippen LogP contribution in [0.5, 0.6) is 0 Å². The standard InChI is InChI=1S/C17H19F3N4.C10H20O/c1-3-4-12-7-13(8-16-15(12)11-23(2)22-16)14-9-21-24(10-14)6-5-17(18,19)20;1-5-9(8(3)4)7-10(11)6-2/h7-11H,3-6H2,1-2H3;8-9H,5-7H2,1-4H3. The number of carbonyl (C=O) groups is 1. The van der Waals surface area contributed by atoms with Crippen molar-refractivity contribution in [2.24, 2.45) is 18.9 Å². The van der Waals surface area contributed by atoms with Crippen molar-refractivity contribution in [3.8, 4) is 11.1 Å². The van der Waals surface area contributed by atoms with Gasteiger partial charge in [-0.05, 0) is 35.4 Å². The Bertz CT molecular complexity index is 1080. The van der Waals surface area contributed by atoms with E-state index < -0.39 is 12.6 Å². The molecule has 0 fully saturated rings. The summed E-state index contributed by atoms with van der Waals surface area (Å²) in [7, 11) is 1.88. The van der Waals surface area contributed by atoms with E-state index in [2.05, 4.69) is 44.0 Å². The number of Topliss-reactive ketones (excluding diaryl/α,β-unsaturated/α-hetero) is 1. The lowest BCUT2D eigenvalue weighted by molar-refractivity contribution is -0.137. The predicted octanol–water partition coefficient (Wildman–Crippen LogP) is 7.38. The summed E-state index contributed by atoms with van der Waals surface area (Å²) in [5.41, 5.74) is 3.83. The summed E-state index contributed by atoms with van der Waals surface area (Å²) in [4.78, 5) is 11.1. The molecule has 2 aromatic heterocycles. The van der Waals surface area contributed by atoms with Crippen LogP contribution < -0.4 is 0 Å². The minimum Gasteiger partial charge on any atom is -0.300 e. The lowest BCUT2D eigenvalue weighted by Crippen LogP contribution is -2.12. The summed E-state index contributed by atoms with van der Waals surface area (Å²) in [5.74, 6) is 1.66. The van der Waals surface area contributed by atoms with Gasteiger partial charge < -0.3 is 0 Å². The van der Waals surface area contributed by atoms with Crippen LogP contribution in [-0.4, -0.2) is 31.5 Å². The van der Waals surface area contributed by atoms with Gasteiger partial charge in [0.15, 0.2) is 0 Å². The van der Waals surface area contributed by atoms with E-state index >= 15 is 0 Å². The molecule has 3 aromatic rings. The van der Waals surface area contributed by atoms with Gasteiger partial charge in [0.25, 0.3) is 0 Å². The van der Waals surface area contributed by atoms with Crippen molar-refractivity contribution in [1.82, 2.24) is 19.6 Å². The van der Waals surface area contributed by atoms with Gasteiger partial charge >= 0.3 is 6.18 Å². The maximum atomic E-state index is 12.3. The van der Waals surface area contributed by atoms with Crippen molar-refractivity contribution in [3.63, 3.8) is 0 Å². The number of fused-ring (bicyclic) bond motifs is 1. The van der Waals surface area contributed by atoms with Crippen molar-refractivity contribution >= 4 is 16.7 Å². The van der Waals surface area contributed by atoms with Gasteiger partial charge in [0.1, 0.15) is 5.78 Å². The van der Waals surface area contributed by atoms with Crippen LogP contribution in [0, 0.1) is 11.8 Å². The minimum atomic E-state index is -4.17. The zero-order chi connectivity index (χ0) is 26.2. The number of benzene rings is 1. The molecule has 0 bridgehead atoms. The zero-order valence-corrected chi connectivity index (χ0v) is 21.8. The highest BCUT2D eigenvalue weighted by Gasteiger charge is 2.26. The molecule has 2 heterocycles. The van der Waals surface area contributed by atoms with Gasteiger partial charge in [-0.3, -0.25) is 14.2 Å². The van der Waals surface area contributed by atoms with Gasteiger partial charge in [0.05, 0.1) is 18.1 Å². The summed E-state index contributed by atoms with van der Waals surface area (Å²) in [6.07, 6.45) is 4.76. The first-order valence-electron chi connectivity index (χ1n) is 12.5. The van der Waals surface area contributed by atoms with Crippen LogP contribution >= 0.6 is 0 Å². The number of ketones is 1. The van der Waals surface area contributed by atoms with Crippen LogP contribution in [0.4, 0.5) is 13.2 Å². The number of carbonyl (C=O) groups excluding carboxylic acids is 1. The number of hydrogen-bond donors (Lipinski definition) is 0. The van der Waals surface area contributed by atoms with E-state index in [9.17, 15) is 18.0 Å². The fraction of sp³-hybridized carbons (Fsp3) is 0.593. The van der Waals surface area contributed by atoms with Gasteiger partial charge in [-0.25, -0.2) is 0 Å². The summed E-state index contributed by atoms with van der Waals surface area (Å²) in [6.45, 7) is 10.4. The fourth-order valence-corrected chi connectivity index (χ4v) is 4.12. The smallest absolute Gasteiger partial charge is 0.300 e. The zero-order valence-electron chi connectivity index (χ0n) is 21.8. The molecule has 0 aliphatic heterocycles. The van der Waals surface area contributed by atoms with Gasteiger partial charge in [0.2, 0.25) is 0 Å². The average Bonchev–Trinajstić information content (AvgIpc) is 3.41. The molecule has 3 rings (SSSR count). The van der Waals surface area contributed by atoms with Crippen LogP contribution in [-0.2, 0) is 24.8 Å². The number of aromatic nitrogens is 4. The van der Waals surface area contributed by atoms with Crippen molar-refractivity contribution < 1.29 is 18.0 Å². The number of rotatable bonds is 10. The third-order valence-corrected chi connectivity index (χ3v) is 6.29. The largest absolute Gasteiger partial charge is 0.390 e. The van der Waals surface area contributed by atoms with E-state index in [1.807, 2.05) is 26.2 Å². The molecule has 1 aromatic carbocycles. The van der Waals surface area contributed by atoms with Crippen molar-refractivity contribution in [2.75, 3.05) is 0 Å². The molecular formula is C27H39F3N4O. The van der Waals surface area contributed by atoms with Crippen LogP contribution in [0.1, 0.15) is 72.3 Å². The number of nitrogens with zero attached hydrogens (tertiary/aromatic N) is 4. The highest BCUT2D eigenvalue weighted by Crippen LogP contribution is 2.28. The Labute approximate surface area is 206 Å². The molecule has 0 saturated carbocycles. The van der Waals surface area contributed by atoms with Crippen molar-refractivity contribution in [1.29, 1.82) is 0 Å². The van der Waals surface area contributed by atoms with E-state index in [1.165, 1.54) is 10.2 Å². The highest BCUT2D eigenvalue weighted by molar-refractivity contribution is 5.87. The topological polar surface area (TPSA) is 52.7 Å². The molecule has 0 spiro atoms. The fourth-order valence-electron chi connectivity index (χ4n) is 4.12. The van der Waals surface area contributed by atoms with Crippen LogP contribution in [0.15, 0.2) is 30.7 Å². The number of hydrogen-bond acceptors (Lipinski definition) is 3. The molecular weight excluding hydrogens is 453 g/mol. The summed E-state index contributed by atoms with van der Waals surface area (Å²) >= 11 is 0. The lowest BCUT2D eigenvalue weighted by Gasteiger charge is -2.17. The van der Waals surface area contributed by atoms with E-state index in [0.29, 0.717) is 24.0 Å². The summed E-state index contributed by atoms with van der Waals surface area (Å²) < 4.78 is 40.1. The van der Waals surface area contributed by atoms with Gasteiger partial charge in [-0.1, -0.05) is 53.5 Å². The normalized spacial score (nSPS) is 12.6. The number of aryl methyl sites for hydroxylation is 3. The van der Waals surface area contributed by atoms with E-state index in [1.54, 1.807) is 17.1 Å². The lowest BCUT2D eigenvalue weighted by atomic mass is 9.88. The first-order valence-corrected chi connectivity index (χ1v) is 12.5. The Morgan fingerprint density at radius 1 is 1.09 bits per heavy atom. The second-order valence-corrected chi connectivity index (χ2v) is 9.49. The molecule has 0 amide bonds. The SMILES string of the molecule is CCC(=O)CC(CC)C(C)C.CCCc1cc(-c2cnn(CCC(F)(F)F)c2)cc2nn(C)cc12. The Kier molecular flexibility index (Phi) is 10.5. The second-order valence-electron chi connectivity index (χ2n) is 9.49. The Hall–Kier alpha value is -2.64. The quantitative estimate of drug-likeness (QED) is 0.297. The van der Waals surface area contributed by atoms with Crippen molar-refractivity contribution in [2.45, 2.75) is 85.9 Å². The maximum Gasteiger partial charge on any atom is 0.390 e. The minimum absolute atomic E-state index is 0.169. The van der Waals surface area contributed by atoms with Crippen molar-refractivity contribution in [3.05, 3.63) is 36.3 Å². The molecule has 1 atom stereocenters. The molecule has 35 heavy (non-hydrogen) atoms. The molecule has 0 aliphatic carbocycles. The van der Waals surface area contributed by atoms with E-state index in [-0.39, 0.29) is 6.54 Å². The van der Waals surface area contributed by atoms with Gasteiger partial charge in [-0.15, -0.1) is 0 Å². The first-order chi connectivity index (χ1) is 16.5. The number of alkyl halides is 3. The van der Waals surface area contributed by atoms with Gasteiger partial charge in [0, 0.05) is 49.8 Å². The Morgan fingerprint density at radius 3 is 2.37 bits per heavy atom. The monoisotopic (exact) mass is 492 g/mol. The third kappa shape index (κ3) is 8.82. The highest BCUT2D eigenvalue weighted by atomic mass is 19.4. The van der Waals surface area contributed by atoms with Crippen LogP contribution in [0.2, 0.25) is 0 Å². The molecule has 0 N–H and O–H groups in total. The molecule has 0 radical (unpaired) electrons. The maximum absolute atomic E-state index is 12.3. The second kappa shape index (κ2) is 12.9. The molecule has 194 valence electrons. The van der Waals surface area contributed by atoms with Crippen LogP contribution in [0.3, 0.4) is 0 Å². The number of halogens is 3. The van der Waals surface area contributed by atoms with E-state index in [4.69, 9.17) is 0 Å². The molecule has 8 heteroatoms. The first kappa shape index (κ1) is 28.6. The van der Waals surface area contributed by atoms with Gasteiger partial charge in [-0.2, -0.15) is 23.4 Å². The molecule has 1 unspecified atom stereocenters. The van der Waals surface area contributed by atoms with Crippen LogP contribution in [0.25, 0.3) is 22.0 Å². The average molecular weight is 493 g/mol. The Balaban J connectivity index is 0.000000334. The molecule has 0 saturated heterocycles. The third-order valence-electron chi connectivity index (χ3n) is 6.29. The summed E-state index contributed by atoms with van der Waals surface area (Å²) in [5, 5.41) is 9.62. The van der Waals surface area contributed by atoms with E-state index in [0.717, 1.165) is 47.7 Å². The predicted molar refractivity (Wildman–Crippen MR) is 135 cm³/mol. The Morgan fingerprint density at radius 2 is 1.80 bits per heavy atom. The molecule has 5 nitrogen and oxygen atoms in total.